The van der Waals surface area contributed by atoms with Crippen molar-refractivity contribution in [3.8, 4) is 0 Å². The molecule has 1 unspecified atom stereocenters. The maximum absolute atomic E-state index is 14.5. The van der Waals surface area contributed by atoms with Crippen LogP contribution in [0, 0.1) is 11.8 Å². The van der Waals surface area contributed by atoms with Gasteiger partial charge in [-0.05, 0) is 75.6 Å². The van der Waals surface area contributed by atoms with Crippen molar-refractivity contribution in [2.75, 3.05) is 59.5 Å². The number of hydrogen-bond acceptors (Lipinski definition) is 6. The van der Waals surface area contributed by atoms with Crippen LogP contribution in [-0.2, 0) is 19.1 Å². The Kier molecular flexibility index (Phi) is 9.62. The van der Waals surface area contributed by atoms with Gasteiger partial charge in [-0.2, -0.15) is 0 Å². The highest BCUT2D eigenvalue weighted by molar-refractivity contribution is 6.30. The smallest absolute Gasteiger partial charge is 0.252 e. The van der Waals surface area contributed by atoms with Crippen molar-refractivity contribution >= 4 is 29.3 Å². The van der Waals surface area contributed by atoms with Crippen LogP contribution in [0.1, 0.15) is 63.4 Å². The molecule has 236 valence electrons. The summed E-state index contributed by atoms with van der Waals surface area (Å²) < 4.78 is 5.90. The summed E-state index contributed by atoms with van der Waals surface area (Å²) in [6, 6.07) is 7.14. The summed E-state index contributed by atoms with van der Waals surface area (Å²) in [5.74, 6) is 0.488. The molecule has 1 aromatic rings. The summed E-state index contributed by atoms with van der Waals surface area (Å²) in [7, 11) is 2.08. The maximum Gasteiger partial charge on any atom is 0.252 e. The number of likely N-dealkylation sites (tertiary alicyclic amines) is 1. The van der Waals surface area contributed by atoms with E-state index in [0.29, 0.717) is 56.7 Å². The lowest BCUT2D eigenvalue weighted by Gasteiger charge is -2.41. The van der Waals surface area contributed by atoms with E-state index in [-0.39, 0.29) is 41.6 Å². The van der Waals surface area contributed by atoms with Crippen molar-refractivity contribution in [3.05, 3.63) is 34.9 Å². The number of likely N-dealkylation sites (N-methyl/N-ethyl adjacent to an activating group) is 1. The second kappa shape index (κ2) is 13.4. The van der Waals surface area contributed by atoms with Crippen molar-refractivity contribution in [3.63, 3.8) is 0 Å². The van der Waals surface area contributed by atoms with Crippen LogP contribution in [0.4, 0.5) is 0 Å². The van der Waals surface area contributed by atoms with E-state index >= 15 is 0 Å². The summed E-state index contributed by atoms with van der Waals surface area (Å²) in [5.41, 5.74) is 1.08. The lowest BCUT2D eigenvalue weighted by molar-refractivity contribution is -0.148. The number of rotatable bonds is 6. The Morgan fingerprint density at radius 1 is 0.930 bits per heavy atom. The highest BCUT2D eigenvalue weighted by Crippen LogP contribution is 2.37. The van der Waals surface area contributed by atoms with Gasteiger partial charge >= 0.3 is 0 Å². The number of ether oxygens (including phenoxy) is 1. The molecular formula is C33H48ClN5O4. The van der Waals surface area contributed by atoms with Crippen molar-refractivity contribution in [1.82, 2.24) is 24.9 Å². The predicted octanol–water partition coefficient (Wildman–Crippen LogP) is 2.97. The zero-order chi connectivity index (χ0) is 30.1. The van der Waals surface area contributed by atoms with Gasteiger partial charge in [0.1, 0.15) is 12.1 Å². The van der Waals surface area contributed by atoms with Crippen LogP contribution in [0.3, 0.4) is 0 Å². The van der Waals surface area contributed by atoms with Gasteiger partial charge in [-0.3, -0.25) is 14.4 Å². The number of nitrogens with zero attached hydrogens (tertiary/aromatic N) is 4. The summed E-state index contributed by atoms with van der Waals surface area (Å²) in [5, 5.41) is 4.11. The molecule has 0 bridgehead atoms. The molecule has 6 rings (SSSR count). The molecular weight excluding hydrogens is 566 g/mol. The van der Waals surface area contributed by atoms with E-state index in [1.165, 1.54) is 0 Å². The van der Waals surface area contributed by atoms with Crippen LogP contribution < -0.4 is 5.32 Å². The first-order valence-electron chi connectivity index (χ1n) is 16.5. The Hall–Kier alpha value is -2.20. The SMILES string of the molecule is CC1CCC(N(C(=O)C2CCCO2)[C@H]2C[C@@H](C(=O)N3CCN(C)CC3)N(C(=O)[C@@H]3CNC[C@H]3c3ccc(Cl)cc3)C2)CC1. The summed E-state index contributed by atoms with van der Waals surface area (Å²) in [4.78, 5) is 50.9. The molecule has 5 fully saturated rings. The van der Waals surface area contributed by atoms with Gasteiger partial charge in [-0.25, -0.2) is 0 Å². The highest BCUT2D eigenvalue weighted by atomic mass is 35.5. The van der Waals surface area contributed by atoms with E-state index in [2.05, 4.69) is 29.1 Å². The predicted molar refractivity (Wildman–Crippen MR) is 166 cm³/mol. The molecule has 5 atom stereocenters. The van der Waals surface area contributed by atoms with Crippen LogP contribution in [0.5, 0.6) is 0 Å². The first-order chi connectivity index (χ1) is 20.8. The van der Waals surface area contributed by atoms with Crippen molar-refractivity contribution in [1.29, 1.82) is 0 Å². The van der Waals surface area contributed by atoms with E-state index in [1.807, 2.05) is 34.1 Å². The molecule has 9 nitrogen and oxygen atoms in total. The fourth-order valence-electron chi connectivity index (χ4n) is 8.06. The van der Waals surface area contributed by atoms with Gasteiger partial charge in [0.2, 0.25) is 11.8 Å². The van der Waals surface area contributed by atoms with Gasteiger partial charge in [-0.15, -0.1) is 0 Å². The first-order valence-corrected chi connectivity index (χ1v) is 16.9. The number of hydrogen-bond donors (Lipinski definition) is 1. The van der Waals surface area contributed by atoms with Gasteiger partial charge in [0.25, 0.3) is 5.91 Å². The second-order valence-electron chi connectivity index (χ2n) is 13.6. The van der Waals surface area contributed by atoms with E-state index < -0.39 is 12.1 Å². The van der Waals surface area contributed by atoms with Crippen LogP contribution in [0.2, 0.25) is 5.02 Å². The fraction of sp³-hybridized carbons (Fsp3) is 0.727. The zero-order valence-electron chi connectivity index (χ0n) is 25.8. The second-order valence-corrected chi connectivity index (χ2v) is 14.0. The quantitative estimate of drug-likeness (QED) is 0.531. The molecule has 1 N–H and O–H groups in total. The average molecular weight is 614 g/mol. The van der Waals surface area contributed by atoms with Gasteiger partial charge in [0, 0.05) is 69.4 Å². The van der Waals surface area contributed by atoms with Crippen LogP contribution >= 0.6 is 11.6 Å². The molecule has 3 amide bonds. The zero-order valence-corrected chi connectivity index (χ0v) is 26.5. The minimum Gasteiger partial charge on any atom is -0.368 e. The number of carbonyl (C=O) groups excluding carboxylic acids is 3. The standard InChI is InChI=1S/C33H48ClN5O4/c1-22-5-11-25(12-6-22)39(33(42)30-4-3-17-43-30)26-18-29(32(41)37-15-13-36(2)14-16-37)38(21-26)31(40)28-20-35-19-27(28)23-7-9-24(34)10-8-23/h7-10,22,25-30,35H,3-6,11-21H2,1-2H3/t22?,25?,26-,27-,28+,29-,30?/m0/s1. The van der Waals surface area contributed by atoms with Crippen LogP contribution in [0.15, 0.2) is 24.3 Å². The van der Waals surface area contributed by atoms with Gasteiger partial charge in [-0.1, -0.05) is 30.7 Å². The number of amides is 3. The number of carbonyl (C=O) groups is 3. The van der Waals surface area contributed by atoms with E-state index in [4.69, 9.17) is 16.3 Å². The molecule has 10 heteroatoms. The number of halogens is 1. The van der Waals surface area contributed by atoms with Gasteiger partial charge < -0.3 is 29.7 Å². The molecule has 5 aliphatic rings. The number of piperazine rings is 1. The van der Waals surface area contributed by atoms with Gasteiger partial charge in [0.15, 0.2) is 0 Å². The minimum atomic E-state index is -0.560. The highest BCUT2D eigenvalue weighted by Gasteiger charge is 2.50. The third-order valence-electron chi connectivity index (χ3n) is 10.7. The summed E-state index contributed by atoms with van der Waals surface area (Å²) >= 11 is 6.17. The first kappa shape index (κ1) is 30.8. The number of benzene rings is 1. The molecule has 4 saturated heterocycles. The minimum absolute atomic E-state index is 0.00709. The Labute approximate surface area is 261 Å². The molecule has 0 radical (unpaired) electrons. The summed E-state index contributed by atoms with van der Waals surface area (Å²) in [6.07, 6.45) is 5.83. The molecule has 4 aliphatic heterocycles. The van der Waals surface area contributed by atoms with E-state index in [0.717, 1.165) is 57.2 Å². The monoisotopic (exact) mass is 613 g/mol. The van der Waals surface area contributed by atoms with Crippen LogP contribution in [0.25, 0.3) is 0 Å². The van der Waals surface area contributed by atoms with Crippen LogP contribution in [-0.4, -0.2) is 121 Å². The number of nitrogens with one attached hydrogen (secondary N) is 1. The fourth-order valence-corrected chi connectivity index (χ4v) is 8.19. The maximum atomic E-state index is 14.5. The third-order valence-corrected chi connectivity index (χ3v) is 11.0. The molecule has 0 aromatic heterocycles. The van der Waals surface area contributed by atoms with Crippen molar-refractivity contribution in [2.24, 2.45) is 11.8 Å². The molecule has 1 aliphatic carbocycles. The molecule has 4 heterocycles. The Morgan fingerprint density at radius 2 is 1.65 bits per heavy atom. The van der Waals surface area contributed by atoms with Gasteiger partial charge in [0.05, 0.1) is 12.0 Å². The van der Waals surface area contributed by atoms with E-state index in [1.54, 1.807) is 0 Å². The Bertz CT molecular complexity index is 1140. The normalized spacial score (nSPS) is 33.6. The summed E-state index contributed by atoms with van der Waals surface area (Å²) in [6.45, 7) is 7.56. The largest absolute Gasteiger partial charge is 0.368 e. The Morgan fingerprint density at radius 3 is 2.33 bits per heavy atom. The molecule has 1 saturated carbocycles. The third kappa shape index (κ3) is 6.60. The average Bonchev–Trinajstić information content (AvgIpc) is 3.80. The molecule has 43 heavy (non-hydrogen) atoms. The Balaban J connectivity index is 1.28. The molecule has 1 aromatic carbocycles. The van der Waals surface area contributed by atoms with Crippen molar-refractivity contribution in [2.45, 2.75) is 82.0 Å². The topological polar surface area (TPSA) is 85.4 Å². The van der Waals surface area contributed by atoms with E-state index in [9.17, 15) is 14.4 Å². The molecule has 0 spiro atoms. The lowest BCUT2D eigenvalue weighted by Crippen LogP contribution is -2.54. The lowest BCUT2D eigenvalue weighted by atomic mass is 9.85. The van der Waals surface area contributed by atoms with Crippen molar-refractivity contribution < 1.29 is 19.1 Å².